The lowest BCUT2D eigenvalue weighted by atomic mass is 10.2. The summed E-state index contributed by atoms with van der Waals surface area (Å²) in [7, 11) is 0. The van der Waals surface area contributed by atoms with Crippen molar-refractivity contribution in [3.63, 3.8) is 0 Å². The summed E-state index contributed by atoms with van der Waals surface area (Å²) in [6.45, 7) is 2.45. The van der Waals surface area contributed by atoms with Crippen LogP contribution in [0.15, 0.2) is 29.4 Å². The molecular weight excluding hydrogens is 260 g/mol. The first-order valence-corrected chi connectivity index (χ1v) is 6.92. The molecule has 2 rings (SSSR count). The molecule has 1 aromatic heterocycles. The minimum absolute atomic E-state index is 0.569. The Morgan fingerprint density at radius 1 is 1.42 bits per heavy atom. The molecule has 98 valence electrons. The number of nitriles is 1. The topological polar surface area (TPSA) is 74.6 Å². The third kappa shape index (κ3) is 4.00. The van der Waals surface area contributed by atoms with E-state index in [2.05, 4.69) is 21.3 Å². The van der Waals surface area contributed by atoms with E-state index in [1.54, 1.807) is 17.8 Å². The van der Waals surface area contributed by atoms with Crippen molar-refractivity contribution in [2.45, 2.75) is 18.5 Å². The van der Waals surface area contributed by atoms with Crippen LogP contribution in [0, 0.1) is 18.3 Å². The van der Waals surface area contributed by atoms with E-state index in [1.165, 1.54) is 0 Å². The number of rotatable bonds is 6. The van der Waals surface area contributed by atoms with E-state index < -0.39 is 0 Å². The molecule has 0 radical (unpaired) electrons. The van der Waals surface area contributed by atoms with Crippen molar-refractivity contribution in [3.05, 3.63) is 35.7 Å². The lowest BCUT2D eigenvalue weighted by Gasteiger charge is -2.06. The smallest absolute Gasteiger partial charge is 0.208 e. The Morgan fingerprint density at radius 2 is 2.26 bits per heavy atom. The third-order valence-electron chi connectivity index (χ3n) is 2.36. The zero-order valence-electron chi connectivity index (χ0n) is 10.6. The lowest BCUT2D eigenvalue weighted by Crippen LogP contribution is -2.00. The Labute approximate surface area is 116 Å². The van der Waals surface area contributed by atoms with E-state index in [4.69, 9.17) is 10.00 Å². The average molecular weight is 274 g/mol. The van der Waals surface area contributed by atoms with Crippen molar-refractivity contribution in [2.75, 3.05) is 12.4 Å². The van der Waals surface area contributed by atoms with E-state index in [9.17, 15) is 0 Å². The van der Waals surface area contributed by atoms with Crippen LogP contribution in [0.25, 0.3) is 0 Å². The number of hydrogen-bond donors (Lipinski definition) is 1. The minimum Gasteiger partial charge on any atom is -0.492 e. The van der Waals surface area contributed by atoms with E-state index >= 15 is 0 Å². The lowest BCUT2D eigenvalue weighted by molar-refractivity contribution is 0.318. The second-order valence-corrected chi connectivity index (χ2v) is 4.92. The molecule has 0 spiro atoms. The van der Waals surface area contributed by atoms with Gasteiger partial charge in [0.1, 0.15) is 17.6 Å². The second kappa shape index (κ2) is 6.81. The number of aryl methyl sites for hydroxylation is 1. The molecule has 0 aliphatic rings. The van der Waals surface area contributed by atoms with E-state index in [0.29, 0.717) is 17.9 Å². The highest BCUT2D eigenvalue weighted by molar-refractivity contribution is 7.99. The van der Waals surface area contributed by atoms with Crippen molar-refractivity contribution in [1.29, 1.82) is 5.26 Å². The van der Waals surface area contributed by atoms with Crippen LogP contribution < -0.4 is 4.74 Å². The molecule has 0 aliphatic carbocycles. The largest absolute Gasteiger partial charge is 0.492 e. The number of aromatic amines is 1. The average Bonchev–Trinajstić information content (AvgIpc) is 2.84. The van der Waals surface area contributed by atoms with Gasteiger partial charge in [0.25, 0.3) is 0 Å². The molecule has 0 fully saturated rings. The summed E-state index contributed by atoms with van der Waals surface area (Å²) in [6.07, 6.45) is 0.873. The molecule has 1 heterocycles. The summed E-state index contributed by atoms with van der Waals surface area (Å²) < 4.78 is 5.59. The number of nitrogens with zero attached hydrogens (tertiary/aromatic N) is 3. The highest BCUT2D eigenvalue weighted by Crippen LogP contribution is 2.18. The van der Waals surface area contributed by atoms with Gasteiger partial charge in [0.15, 0.2) is 0 Å². The van der Waals surface area contributed by atoms with Gasteiger partial charge in [-0.05, 0) is 25.5 Å². The second-order valence-electron chi connectivity index (χ2n) is 3.86. The molecule has 2 aromatic rings. The van der Waals surface area contributed by atoms with Gasteiger partial charge in [-0.1, -0.05) is 23.9 Å². The highest BCUT2D eigenvalue weighted by atomic mass is 32.2. The van der Waals surface area contributed by atoms with Crippen molar-refractivity contribution >= 4 is 11.8 Å². The van der Waals surface area contributed by atoms with E-state index in [1.807, 2.05) is 25.1 Å². The van der Waals surface area contributed by atoms with Crippen molar-refractivity contribution < 1.29 is 4.74 Å². The number of nitrogens with one attached hydrogen (secondary N) is 1. The van der Waals surface area contributed by atoms with Crippen LogP contribution >= 0.6 is 11.8 Å². The third-order valence-corrected chi connectivity index (χ3v) is 3.30. The quantitative estimate of drug-likeness (QED) is 0.647. The Bertz CT molecular complexity index is 576. The summed E-state index contributed by atoms with van der Waals surface area (Å²) in [4.78, 5) is 4.21. The summed E-state index contributed by atoms with van der Waals surface area (Å²) in [5.74, 6) is 2.34. The number of ether oxygens (including phenoxy) is 1. The Balaban J connectivity index is 1.71. The predicted molar refractivity (Wildman–Crippen MR) is 73.1 cm³/mol. The van der Waals surface area contributed by atoms with Crippen molar-refractivity contribution in [2.24, 2.45) is 0 Å². The first-order valence-electron chi connectivity index (χ1n) is 5.93. The van der Waals surface area contributed by atoms with Crippen molar-refractivity contribution in [1.82, 2.24) is 15.2 Å². The molecule has 1 aromatic carbocycles. The number of thioether (sulfide) groups is 1. The van der Waals surface area contributed by atoms with Crippen LogP contribution in [0.3, 0.4) is 0 Å². The van der Waals surface area contributed by atoms with Gasteiger partial charge < -0.3 is 4.74 Å². The zero-order valence-corrected chi connectivity index (χ0v) is 11.4. The van der Waals surface area contributed by atoms with E-state index in [0.717, 1.165) is 23.2 Å². The zero-order chi connectivity index (χ0) is 13.5. The van der Waals surface area contributed by atoms with Crippen LogP contribution in [0.1, 0.15) is 17.8 Å². The standard InChI is InChI=1S/C13H14N4OS/c1-10-15-13(17-16-10)19-8-4-7-18-12-6-3-2-5-11(12)9-14/h2-3,5-6H,4,7-8H2,1H3,(H,15,16,17). The van der Waals surface area contributed by atoms with Crippen LogP contribution in [-0.2, 0) is 0 Å². The van der Waals surface area contributed by atoms with Gasteiger partial charge in [0, 0.05) is 5.75 Å². The van der Waals surface area contributed by atoms with Gasteiger partial charge in [0.2, 0.25) is 5.16 Å². The molecule has 1 N–H and O–H groups in total. The summed E-state index contributed by atoms with van der Waals surface area (Å²) in [5, 5.41) is 16.5. The molecule has 0 saturated carbocycles. The fourth-order valence-corrected chi connectivity index (χ4v) is 2.23. The molecule has 0 saturated heterocycles. The number of aromatic nitrogens is 3. The SMILES string of the molecule is Cc1nc(SCCCOc2ccccc2C#N)n[nH]1. The molecule has 6 heteroatoms. The van der Waals surface area contributed by atoms with Gasteiger partial charge >= 0.3 is 0 Å². The van der Waals surface area contributed by atoms with Gasteiger partial charge in [-0.2, -0.15) is 5.26 Å². The van der Waals surface area contributed by atoms with Crippen LogP contribution in [0.2, 0.25) is 0 Å². The normalized spacial score (nSPS) is 10.1. The van der Waals surface area contributed by atoms with Gasteiger partial charge in [0.05, 0.1) is 12.2 Å². The highest BCUT2D eigenvalue weighted by Gasteiger charge is 2.02. The Hall–Kier alpha value is -2.00. The van der Waals surface area contributed by atoms with Crippen LogP contribution in [-0.4, -0.2) is 27.5 Å². The molecule has 0 amide bonds. The minimum atomic E-state index is 0.569. The first-order chi connectivity index (χ1) is 9.29. The maximum Gasteiger partial charge on any atom is 0.208 e. The molecular formula is C13H14N4OS. The molecule has 0 atom stereocenters. The van der Waals surface area contributed by atoms with Crippen LogP contribution in [0.4, 0.5) is 0 Å². The molecule has 0 unspecified atom stereocenters. The summed E-state index contributed by atoms with van der Waals surface area (Å²) in [5.41, 5.74) is 0.569. The number of benzene rings is 1. The van der Waals surface area contributed by atoms with Crippen molar-refractivity contribution in [3.8, 4) is 11.8 Å². The van der Waals surface area contributed by atoms with Crippen LogP contribution in [0.5, 0.6) is 5.75 Å². The number of H-pyrrole nitrogens is 1. The maximum absolute atomic E-state index is 8.92. The Kier molecular flexibility index (Phi) is 4.81. The van der Waals surface area contributed by atoms with Gasteiger partial charge in [-0.3, -0.25) is 5.10 Å². The summed E-state index contributed by atoms with van der Waals surface area (Å²) in [6, 6.07) is 9.36. The fourth-order valence-electron chi connectivity index (χ4n) is 1.48. The first kappa shape index (κ1) is 13.4. The van der Waals surface area contributed by atoms with E-state index in [-0.39, 0.29) is 0 Å². The maximum atomic E-state index is 8.92. The number of hydrogen-bond acceptors (Lipinski definition) is 5. The Morgan fingerprint density at radius 3 is 3.00 bits per heavy atom. The van der Waals surface area contributed by atoms with Gasteiger partial charge in [-0.15, -0.1) is 5.10 Å². The predicted octanol–water partition coefficient (Wildman–Crippen LogP) is 2.55. The van der Waals surface area contributed by atoms with Gasteiger partial charge in [-0.25, -0.2) is 4.98 Å². The monoisotopic (exact) mass is 274 g/mol. The fraction of sp³-hybridized carbons (Fsp3) is 0.308. The molecule has 0 bridgehead atoms. The molecule has 0 aliphatic heterocycles. The summed E-state index contributed by atoms with van der Waals surface area (Å²) >= 11 is 1.59. The number of para-hydroxylation sites is 1. The molecule has 5 nitrogen and oxygen atoms in total. The molecule has 19 heavy (non-hydrogen) atoms.